The van der Waals surface area contributed by atoms with Gasteiger partial charge in [-0.05, 0) is 33.7 Å². The largest absolute Gasteiger partial charge is 2.00 e. The topological polar surface area (TPSA) is 115 Å². The summed E-state index contributed by atoms with van der Waals surface area (Å²) in [5, 5.41) is 42.6. The Morgan fingerprint density at radius 1 is 0.621 bits per heavy atom. The van der Waals surface area contributed by atoms with Gasteiger partial charge in [0.1, 0.15) is 22.6 Å². The third-order valence-electron chi connectivity index (χ3n) is 4.75. The van der Waals surface area contributed by atoms with Gasteiger partial charge in [-0.2, -0.15) is 0 Å². The van der Waals surface area contributed by atoms with E-state index in [-0.39, 0.29) is 38.7 Å². The van der Waals surface area contributed by atoms with E-state index in [0.717, 1.165) is 0 Å². The first kappa shape index (κ1) is 20.2. The Labute approximate surface area is 174 Å². The molecule has 0 saturated heterocycles. The summed E-state index contributed by atoms with van der Waals surface area (Å²) in [5.74, 6) is -3.73. The zero-order chi connectivity index (χ0) is 20.0. The van der Waals surface area contributed by atoms with Crippen LogP contribution in [0.15, 0.2) is 60.7 Å². The SMILES string of the molecule is O=C(O)c1cc2ccccc2c(-c2c(O)c(C(=O)O)cc3ccccc23)c1O.[Ni+2]. The number of hydrogen-bond acceptors (Lipinski definition) is 4. The van der Waals surface area contributed by atoms with E-state index < -0.39 is 23.4 Å². The Hall–Kier alpha value is -3.57. The number of aromatic carboxylic acids is 2. The third-order valence-corrected chi connectivity index (χ3v) is 4.75. The van der Waals surface area contributed by atoms with Crippen molar-refractivity contribution in [3.8, 4) is 22.6 Å². The van der Waals surface area contributed by atoms with Gasteiger partial charge in [-0.25, -0.2) is 9.59 Å². The molecule has 0 atom stereocenters. The van der Waals surface area contributed by atoms with E-state index >= 15 is 0 Å². The van der Waals surface area contributed by atoms with Crippen molar-refractivity contribution < 1.29 is 46.5 Å². The summed E-state index contributed by atoms with van der Waals surface area (Å²) in [6.07, 6.45) is 0. The third kappa shape index (κ3) is 3.15. The number of hydrogen-bond donors (Lipinski definition) is 4. The predicted molar refractivity (Wildman–Crippen MR) is 104 cm³/mol. The number of aromatic hydroxyl groups is 2. The maximum absolute atomic E-state index is 11.7. The summed E-state index contributed by atoms with van der Waals surface area (Å²) in [7, 11) is 0. The molecule has 0 spiro atoms. The van der Waals surface area contributed by atoms with Crippen LogP contribution >= 0.6 is 0 Å². The minimum absolute atomic E-state index is 0. The first-order valence-corrected chi connectivity index (χ1v) is 8.36. The number of benzene rings is 4. The van der Waals surface area contributed by atoms with Crippen LogP contribution < -0.4 is 0 Å². The van der Waals surface area contributed by atoms with Gasteiger partial charge < -0.3 is 20.4 Å². The summed E-state index contributed by atoms with van der Waals surface area (Å²) < 4.78 is 0. The molecule has 7 heteroatoms. The van der Waals surface area contributed by atoms with Crippen LogP contribution in [0.25, 0.3) is 32.7 Å². The molecular formula is C22H14NiO6+2. The van der Waals surface area contributed by atoms with Crippen molar-refractivity contribution in [2.75, 3.05) is 0 Å². The molecule has 0 aliphatic rings. The van der Waals surface area contributed by atoms with Crippen LogP contribution in [0.4, 0.5) is 0 Å². The molecule has 6 nitrogen and oxygen atoms in total. The Kier molecular flexibility index (Phi) is 5.18. The van der Waals surface area contributed by atoms with Crippen LogP contribution in [-0.4, -0.2) is 32.4 Å². The van der Waals surface area contributed by atoms with Crippen LogP contribution in [-0.2, 0) is 16.5 Å². The molecule has 4 aromatic carbocycles. The number of carbonyl (C=O) groups is 2. The second-order valence-corrected chi connectivity index (χ2v) is 6.35. The molecule has 0 aromatic heterocycles. The molecular weight excluding hydrogens is 419 g/mol. The monoisotopic (exact) mass is 432 g/mol. The zero-order valence-electron chi connectivity index (χ0n) is 14.7. The molecule has 146 valence electrons. The van der Waals surface area contributed by atoms with Crippen molar-refractivity contribution >= 4 is 33.5 Å². The van der Waals surface area contributed by atoms with Gasteiger partial charge in [-0.15, -0.1) is 0 Å². The van der Waals surface area contributed by atoms with E-state index in [9.17, 15) is 30.0 Å². The van der Waals surface area contributed by atoms with Crippen LogP contribution in [0.2, 0.25) is 0 Å². The first-order valence-electron chi connectivity index (χ1n) is 8.36. The molecule has 4 N–H and O–H groups in total. The van der Waals surface area contributed by atoms with Gasteiger partial charge >= 0.3 is 28.4 Å². The summed E-state index contributed by atoms with van der Waals surface area (Å²) in [6, 6.07) is 16.3. The quantitative estimate of drug-likeness (QED) is 0.355. The van der Waals surface area contributed by atoms with E-state index in [1.807, 2.05) is 0 Å². The van der Waals surface area contributed by atoms with Crippen molar-refractivity contribution in [2.45, 2.75) is 0 Å². The molecule has 4 rings (SSSR count). The molecule has 0 bridgehead atoms. The Bertz CT molecular complexity index is 1190. The molecule has 0 saturated carbocycles. The van der Waals surface area contributed by atoms with Crippen molar-refractivity contribution in [3.63, 3.8) is 0 Å². The minimum Gasteiger partial charge on any atom is -0.506 e. The maximum atomic E-state index is 11.7. The number of carboxylic acids is 2. The van der Waals surface area contributed by atoms with Crippen molar-refractivity contribution in [2.24, 2.45) is 0 Å². The smallest absolute Gasteiger partial charge is 0.506 e. The van der Waals surface area contributed by atoms with Crippen molar-refractivity contribution in [1.82, 2.24) is 0 Å². The Morgan fingerprint density at radius 2 is 0.966 bits per heavy atom. The summed E-state index contributed by atoms with van der Waals surface area (Å²) >= 11 is 0. The Morgan fingerprint density at radius 3 is 1.31 bits per heavy atom. The van der Waals surface area contributed by atoms with Crippen LogP contribution in [0.5, 0.6) is 11.5 Å². The fourth-order valence-corrected chi connectivity index (χ4v) is 3.51. The molecule has 0 fully saturated rings. The van der Waals surface area contributed by atoms with Gasteiger partial charge in [0.15, 0.2) is 0 Å². The second-order valence-electron chi connectivity index (χ2n) is 6.35. The molecule has 0 amide bonds. The van der Waals surface area contributed by atoms with Crippen molar-refractivity contribution in [3.05, 3.63) is 71.8 Å². The fourth-order valence-electron chi connectivity index (χ4n) is 3.51. The van der Waals surface area contributed by atoms with Gasteiger partial charge in [0.25, 0.3) is 0 Å². The molecule has 0 radical (unpaired) electrons. The second kappa shape index (κ2) is 7.45. The number of carboxylic acid groups (broad SMARTS) is 2. The summed E-state index contributed by atoms with van der Waals surface area (Å²) in [4.78, 5) is 23.3. The number of phenols is 2. The van der Waals surface area contributed by atoms with E-state index in [1.165, 1.54) is 12.1 Å². The van der Waals surface area contributed by atoms with E-state index in [2.05, 4.69) is 0 Å². The molecule has 0 aliphatic carbocycles. The number of fused-ring (bicyclic) bond motifs is 2. The van der Waals surface area contributed by atoms with Crippen LogP contribution in [0, 0.1) is 0 Å². The Balaban J connectivity index is 0.00000240. The van der Waals surface area contributed by atoms with Gasteiger partial charge in [0.05, 0.1) is 0 Å². The average Bonchev–Trinajstić information content (AvgIpc) is 2.67. The van der Waals surface area contributed by atoms with Gasteiger partial charge in [0, 0.05) is 11.1 Å². The van der Waals surface area contributed by atoms with Crippen LogP contribution in [0.3, 0.4) is 0 Å². The van der Waals surface area contributed by atoms with Crippen molar-refractivity contribution in [1.29, 1.82) is 0 Å². The summed E-state index contributed by atoms with van der Waals surface area (Å²) in [6.45, 7) is 0. The first-order chi connectivity index (χ1) is 13.4. The molecule has 4 aromatic rings. The van der Waals surface area contributed by atoms with Gasteiger partial charge in [-0.3, -0.25) is 0 Å². The maximum Gasteiger partial charge on any atom is 2.00 e. The average molecular weight is 433 g/mol. The van der Waals surface area contributed by atoms with Crippen LogP contribution in [0.1, 0.15) is 20.7 Å². The molecule has 0 heterocycles. The molecule has 0 unspecified atom stereocenters. The minimum atomic E-state index is -1.33. The van der Waals surface area contributed by atoms with E-state index in [4.69, 9.17) is 0 Å². The fraction of sp³-hybridized carbons (Fsp3) is 0. The molecule has 29 heavy (non-hydrogen) atoms. The molecule has 0 aliphatic heterocycles. The predicted octanol–water partition coefficient (Wildman–Crippen LogP) is 4.47. The normalized spacial score (nSPS) is 10.6. The van der Waals surface area contributed by atoms with Gasteiger partial charge in [-0.1, -0.05) is 48.5 Å². The van der Waals surface area contributed by atoms with Gasteiger partial charge in [0.2, 0.25) is 0 Å². The van der Waals surface area contributed by atoms with E-state index in [0.29, 0.717) is 21.5 Å². The van der Waals surface area contributed by atoms with E-state index in [1.54, 1.807) is 48.5 Å². The number of rotatable bonds is 3. The standard InChI is InChI=1S/C22H14O6.Ni/c23-19-15(21(25)26)9-11-5-1-3-7-13(11)17(19)18-14-8-4-2-6-12(14)10-16(20(18)24)22(27)28;/h1-10,23-24H,(H,25,26)(H,27,28);/q;+2. The summed E-state index contributed by atoms with van der Waals surface area (Å²) in [5.41, 5.74) is -0.518. The zero-order valence-corrected chi connectivity index (χ0v) is 15.7.